The van der Waals surface area contributed by atoms with E-state index in [1.165, 1.54) is 77.9 Å². The van der Waals surface area contributed by atoms with Crippen LogP contribution in [0.2, 0.25) is 0 Å². The average Bonchev–Trinajstić information content (AvgIpc) is 2.88. The molecule has 0 aromatic rings. The Morgan fingerprint density at radius 2 is 1.58 bits per heavy atom. The highest BCUT2D eigenvalue weighted by atomic mass is 15.3. The minimum Gasteiger partial charge on any atom is -0.316 e. The molecule has 0 aromatic carbocycles. The van der Waals surface area contributed by atoms with Crippen LogP contribution in [-0.4, -0.2) is 62.2 Å². The summed E-state index contributed by atoms with van der Waals surface area (Å²) in [4.78, 5) is 5.36. The normalized spacial score (nSPS) is 24.9. The molecule has 1 aliphatic heterocycles. The second-order valence-corrected chi connectivity index (χ2v) is 6.61. The Kier molecular flexibility index (Phi) is 6.11. The van der Waals surface area contributed by atoms with Gasteiger partial charge in [-0.25, -0.2) is 0 Å². The Hall–Kier alpha value is -0.120. The fourth-order valence-corrected chi connectivity index (χ4v) is 3.87. The van der Waals surface area contributed by atoms with E-state index >= 15 is 0 Å². The van der Waals surface area contributed by atoms with E-state index in [0.717, 1.165) is 6.54 Å². The maximum atomic E-state index is 3.61. The molecule has 19 heavy (non-hydrogen) atoms. The first-order valence-electron chi connectivity index (χ1n) is 8.43. The molecule has 3 nitrogen and oxygen atoms in total. The van der Waals surface area contributed by atoms with Crippen molar-refractivity contribution in [3.05, 3.63) is 0 Å². The molecule has 1 N–H and O–H groups in total. The molecule has 0 aromatic heterocycles. The molecular weight excluding hydrogens is 234 g/mol. The largest absolute Gasteiger partial charge is 0.316 e. The lowest BCUT2D eigenvalue weighted by molar-refractivity contribution is 0.0853. The van der Waals surface area contributed by atoms with Crippen LogP contribution >= 0.6 is 0 Å². The van der Waals surface area contributed by atoms with Crippen molar-refractivity contribution in [3.8, 4) is 0 Å². The van der Waals surface area contributed by atoms with Crippen LogP contribution in [0.3, 0.4) is 0 Å². The number of hydrogen-bond donors (Lipinski definition) is 1. The van der Waals surface area contributed by atoms with E-state index in [1.54, 1.807) is 0 Å². The predicted octanol–water partition coefficient (Wildman–Crippen LogP) is 2.18. The quantitative estimate of drug-likeness (QED) is 0.763. The molecule has 1 saturated heterocycles. The number of rotatable bonds is 7. The van der Waals surface area contributed by atoms with Crippen molar-refractivity contribution in [2.45, 2.75) is 46.0 Å². The summed E-state index contributed by atoms with van der Waals surface area (Å²) >= 11 is 0. The van der Waals surface area contributed by atoms with E-state index in [0.29, 0.717) is 5.41 Å². The third-order valence-corrected chi connectivity index (χ3v) is 4.98. The molecule has 1 saturated carbocycles. The van der Waals surface area contributed by atoms with Gasteiger partial charge in [0.15, 0.2) is 0 Å². The van der Waals surface area contributed by atoms with Crippen LogP contribution in [0.5, 0.6) is 0 Å². The smallest absolute Gasteiger partial charge is 0.0110 e. The summed E-state index contributed by atoms with van der Waals surface area (Å²) in [6.45, 7) is 14.6. The van der Waals surface area contributed by atoms with Gasteiger partial charge >= 0.3 is 0 Å². The van der Waals surface area contributed by atoms with E-state index in [-0.39, 0.29) is 0 Å². The van der Waals surface area contributed by atoms with Gasteiger partial charge < -0.3 is 15.1 Å². The Bertz CT molecular complexity index is 240. The van der Waals surface area contributed by atoms with Crippen molar-refractivity contribution in [1.82, 2.24) is 15.1 Å². The second-order valence-electron chi connectivity index (χ2n) is 6.61. The first-order valence-corrected chi connectivity index (χ1v) is 8.43. The van der Waals surface area contributed by atoms with Gasteiger partial charge in [-0.1, -0.05) is 26.7 Å². The number of piperazine rings is 1. The summed E-state index contributed by atoms with van der Waals surface area (Å²) in [5.41, 5.74) is 0.586. The summed E-state index contributed by atoms with van der Waals surface area (Å²) in [6.07, 6.45) is 7.07. The number of nitrogens with one attached hydrogen (secondary N) is 1. The SMILES string of the molecule is CCCN1CCN(CC2(CNCC)CCCC2)CC1. The van der Waals surface area contributed by atoms with Crippen molar-refractivity contribution in [2.24, 2.45) is 5.41 Å². The minimum absolute atomic E-state index is 0.586. The monoisotopic (exact) mass is 267 g/mol. The molecule has 0 unspecified atom stereocenters. The highest BCUT2D eigenvalue weighted by molar-refractivity contribution is 4.90. The fraction of sp³-hybridized carbons (Fsp3) is 1.00. The molecule has 0 bridgehead atoms. The van der Waals surface area contributed by atoms with Gasteiger partial charge in [0.2, 0.25) is 0 Å². The predicted molar refractivity (Wildman–Crippen MR) is 82.6 cm³/mol. The van der Waals surface area contributed by atoms with Crippen LogP contribution in [0.15, 0.2) is 0 Å². The Balaban J connectivity index is 1.78. The van der Waals surface area contributed by atoms with Crippen molar-refractivity contribution in [3.63, 3.8) is 0 Å². The van der Waals surface area contributed by atoms with E-state index < -0.39 is 0 Å². The Morgan fingerprint density at radius 1 is 0.947 bits per heavy atom. The highest BCUT2D eigenvalue weighted by Crippen LogP contribution is 2.38. The molecule has 2 fully saturated rings. The van der Waals surface area contributed by atoms with Crippen molar-refractivity contribution < 1.29 is 0 Å². The first kappa shape index (κ1) is 15.3. The van der Waals surface area contributed by atoms with Gasteiger partial charge in [-0.15, -0.1) is 0 Å². The maximum Gasteiger partial charge on any atom is 0.0110 e. The molecule has 0 radical (unpaired) electrons. The Morgan fingerprint density at radius 3 is 2.16 bits per heavy atom. The first-order chi connectivity index (χ1) is 9.28. The molecule has 3 heteroatoms. The fourth-order valence-electron chi connectivity index (χ4n) is 3.87. The van der Waals surface area contributed by atoms with Crippen molar-refractivity contribution in [2.75, 3.05) is 52.4 Å². The van der Waals surface area contributed by atoms with Crippen LogP contribution in [0, 0.1) is 5.41 Å². The van der Waals surface area contributed by atoms with Crippen LogP contribution in [0.4, 0.5) is 0 Å². The van der Waals surface area contributed by atoms with Gasteiger partial charge in [0.1, 0.15) is 0 Å². The van der Waals surface area contributed by atoms with Crippen LogP contribution in [-0.2, 0) is 0 Å². The second kappa shape index (κ2) is 7.61. The van der Waals surface area contributed by atoms with E-state index in [4.69, 9.17) is 0 Å². The molecule has 0 amide bonds. The van der Waals surface area contributed by atoms with Gasteiger partial charge in [-0.05, 0) is 37.8 Å². The van der Waals surface area contributed by atoms with Crippen LogP contribution in [0.25, 0.3) is 0 Å². The Labute approximate surface area is 119 Å². The van der Waals surface area contributed by atoms with Gasteiger partial charge in [0.05, 0.1) is 0 Å². The van der Waals surface area contributed by atoms with Gasteiger partial charge in [-0.3, -0.25) is 0 Å². The van der Waals surface area contributed by atoms with Crippen LogP contribution < -0.4 is 5.32 Å². The van der Waals surface area contributed by atoms with E-state index in [2.05, 4.69) is 29.0 Å². The molecule has 1 heterocycles. The summed E-state index contributed by atoms with van der Waals surface area (Å²) in [5.74, 6) is 0. The topological polar surface area (TPSA) is 18.5 Å². The standard InChI is InChI=1S/C16H33N3/c1-3-9-18-10-12-19(13-11-18)15-16(14-17-4-2)7-5-6-8-16/h17H,3-15H2,1-2H3. The van der Waals surface area contributed by atoms with E-state index in [1.807, 2.05) is 0 Å². The summed E-state index contributed by atoms with van der Waals surface area (Å²) in [7, 11) is 0. The van der Waals surface area contributed by atoms with Crippen LogP contribution in [0.1, 0.15) is 46.0 Å². The van der Waals surface area contributed by atoms with Gasteiger partial charge in [0.25, 0.3) is 0 Å². The lowest BCUT2D eigenvalue weighted by atomic mass is 9.85. The third-order valence-electron chi connectivity index (χ3n) is 4.98. The lowest BCUT2D eigenvalue weighted by Crippen LogP contribution is -2.51. The molecule has 1 aliphatic carbocycles. The zero-order chi connectivity index (χ0) is 13.6. The van der Waals surface area contributed by atoms with Gasteiger partial charge in [0, 0.05) is 39.3 Å². The summed E-state index contributed by atoms with van der Waals surface area (Å²) in [5, 5.41) is 3.61. The summed E-state index contributed by atoms with van der Waals surface area (Å²) < 4.78 is 0. The zero-order valence-electron chi connectivity index (χ0n) is 13.1. The number of hydrogen-bond acceptors (Lipinski definition) is 3. The van der Waals surface area contributed by atoms with E-state index in [9.17, 15) is 0 Å². The molecule has 0 atom stereocenters. The van der Waals surface area contributed by atoms with Crippen molar-refractivity contribution in [1.29, 1.82) is 0 Å². The lowest BCUT2D eigenvalue weighted by Gasteiger charge is -2.40. The third kappa shape index (κ3) is 4.44. The molecule has 112 valence electrons. The van der Waals surface area contributed by atoms with Crippen molar-refractivity contribution >= 4 is 0 Å². The number of nitrogens with zero attached hydrogens (tertiary/aromatic N) is 2. The molecule has 2 rings (SSSR count). The highest BCUT2D eigenvalue weighted by Gasteiger charge is 2.35. The summed E-state index contributed by atoms with van der Waals surface area (Å²) in [6, 6.07) is 0. The zero-order valence-corrected chi connectivity index (χ0v) is 13.1. The average molecular weight is 267 g/mol. The van der Waals surface area contributed by atoms with Gasteiger partial charge in [-0.2, -0.15) is 0 Å². The minimum atomic E-state index is 0.586. The molecule has 2 aliphatic rings. The molecule has 0 spiro atoms. The maximum absolute atomic E-state index is 3.61. The molecular formula is C16H33N3.